The second-order valence-corrected chi connectivity index (χ2v) is 8.67. The van der Waals surface area contributed by atoms with Crippen molar-refractivity contribution in [1.82, 2.24) is 0 Å². The molecule has 2 heterocycles. The van der Waals surface area contributed by atoms with Crippen molar-refractivity contribution in [1.29, 1.82) is 5.26 Å². The van der Waals surface area contributed by atoms with Crippen LogP contribution in [0.15, 0.2) is 25.5 Å². The molecule has 0 radical (unpaired) electrons. The molecule has 0 unspecified atom stereocenters. The number of anilines is 1. The van der Waals surface area contributed by atoms with Gasteiger partial charge in [0.2, 0.25) is 0 Å². The lowest BCUT2D eigenvalue weighted by Crippen LogP contribution is -2.11. The van der Waals surface area contributed by atoms with Crippen molar-refractivity contribution < 1.29 is 8.42 Å². The quantitative estimate of drug-likeness (QED) is 0.874. The molecule has 0 aliphatic carbocycles. The van der Waals surface area contributed by atoms with Crippen molar-refractivity contribution in [2.24, 2.45) is 0 Å². The summed E-state index contributed by atoms with van der Waals surface area (Å²) in [4.78, 5) is 0. The van der Waals surface area contributed by atoms with Crippen LogP contribution in [-0.2, 0) is 10.0 Å². The average Bonchev–Trinajstić information content (AvgIpc) is 2.86. The van der Waals surface area contributed by atoms with Crippen LogP contribution in [0.4, 0.5) is 5.00 Å². The second-order valence-electron chi connectivity index (χ2n) is 3.07. The van der Waals surface area contributed by atoms with E-state index in [-0.39, 0.29) is 4.21 Å². The van der Waals surface area contributed by atoms with Crippen LogP contribution in [0.2, 0.25) is 5.02 Å². The SMILES string of the molecule is N#Cc1ccsc1NS(=O)(=O)c1cc(Cl)c(Br)s1. The van der Waals surface area contributed by atoms with Crippen molar-refractivity contribution in [3.8, 4) is 6.07 Å². The van der Waals surface area contributed by atoms with Crippen molar-refractivity contribution in [3.63, 3.8) is 0 Å². The van der Waals surface area contributed by atoms with Crippen LogP contribution in [0.25, 0.3) is 0 Å². The van der Waals surface area contributed by atoms with E-state index in [1.54, 1.807) is 11.4 Å². The molecule has 0 atom stereocenters. The molecule has 94 valence electrons. The molecule has 18 heavy (non-hydrogen) atoms. The molecule has 0 bridgehead atoms. The smallest absolute Gasteiger partial charge is 0.269 e. The third-order valence-electron chi connectivity index (χ3n) is 1.90. The lowest BCUT2D eigenvalue weighted by Gasteiger charge is -2.03. The van der Waals surface area contributed by atoms with E-state index in [1.807, 2.05) is 6.07 Å². The molecule has 2 rings (SSSR count). The Bertz CT molecular complexity index is 710. The molecular formula is C9H4BrClN2O2S3. The van der Waals surface area contributed by atoms with Gasteiger partial charge in [-0.3, -0.25) is 4.72 Å². The van der Waals surface area contributed by atoms with E-state index >= 15 is 0 Å². The lowest BCUT2D eigenvalue weighted by molar-refractivity contribution is 0.603. The third kappa shape index (κ3) is 2.70. The van der Waals surface area contributed by atoms with Crippen molar-refractivity contribution >= 4 is 65.2 Å². The van der Waals surface area contributed by atoms with Gasteiger partial charge < -0.3 is 0 Å². The van der Waals surface area contributed by atoms with Gasteiger partial charge in [-0.15, -0.1) is 22.7 Å². The van der Waals surface area contributed by atoms with E-state index in [1.165, 1.54) is 6.07 Å². The molecule has 2 aromatic heterocycles. The van der Waals surface area contributed by atoms with Crippen LogP contribution in [-0.4, -0.2) is 8.42 Å². The predicted octanol–water partition coefficient (Wildman–Crippen LogP) is 3.90. The van der Waals surface area contributed by atoms with Crippen LogP contribution in [0.5, 0.6) is 0 Å². The Morgan fingerprint density at radius 2 is 2.22 bits per heavy atom. The summed E-state index contributed by atoms with van der Waals surface area (Å²) < 4.78 is 27.1. The molecule has 0 aromatic carbocycles. The fraction of sp³-hybridized carbons (Fsp3) is 0. The average molecular weight is 384 g/mol. The fourth-order valence-electron chi connectivity index (χ4n) is 1.11. The van der Waals surface area contributed by atoms with Gasteiger partial charge in [0.15, 0.2) is 0 Å². The molecule has 0 aliphatic rings. The van der Waals surface area contributed by atoms with E-state index in [4.69, 9.17) is 16.9 Å². The largest absolute Gasteiger partial charge is 0.272 e. The number of rotatable bonds is 3. The van der Waals surface area contributed by atoms with Crippen molar-refractivity contribution in [3.05, 3.63) is 31.9 Å². The van der Waals surface area contributed by atoms with E-state index in [0.29, 0.717) is 19.4 Å². The molecule has 0 spiro atoms. The number of nitrogens with zero attached hydrogens (tertiary/aromatic N) is 1. The number of hydrogen-bond donors (Lipinski definition) is 1. The van der Waals surface area contributed by atoms with Gasteiger partial charge >= 0.3 is 0 Å². The van der Waals surface area contributed by atoms with E-state index < -0.39 is 10.0 Å². The number of nitriles is 1. The molecule has 9 heteroatoms. The molecule has 0 saturated heterocycles. The van der Waals surface area contributed by atoms with Gasteiger partial charge in [0, 0.05) is 0 Å². The first-order valence-corrected chi connectivity index (χ1v) is 8.74. The number of halogens is 2. The van der Waals surface area contributed by atoms with Gasteiger partial charge in [0.05, 0.1) is 14.4 Å². The highest BCUT2D eigenvalue weighted by molar-refractivity contribution is 9.11. The summed E-state index contributed by atoms with van der Waals surface area (Å²) in [6.45, 7) is 0. The molecular weight excluding hydrogens is 380 g/mol. The molecule has 2 aromatic rings. The number of thiophene rings is 2. The Labute approximate surface area is 125 Å². The minimum Gasteiger partial charge on any atom is -0.269 e. The van der Waals surface area contributed by atoms with Crippen LogP contribution >= 0.6 is 50.2 Å². The van der Waals surface area contributed by atoms with Gasteiger partial charge in [-0.2, -0.15) is 5.26 Å². The summed E-state index contributed by atoms with van der Waals surface area (Å²) >= 11 is 11.1. The maximum atomic E-state index is 12.1. The zero-order chi connectivity index (χ0) is 13.3. The highest BCUT2D eigenvalue weighted by Gasteiger charge is 2.20. The van der Waals surface area contributed by atoms with Gasteiger partial charge in [-0.25, -0.2) is 8.42 Å². The topological polar surface area (TPSA) is 70.0 Å². The first-order chi connectivity index (χ1) is 8.44. The summed E-state index contributed by atoms with van der Waals surface area (Å²) in [5, 5.41) is 11.1. The van der Waals surface area contributed by atoms with Crippen molar-refractivity contribution in [2.75, 3.05) is 4.72 Å². The Morgan fingerprint density at radius 1 is 1.50 bits per heavy atom. The standard InChI is InChI=1S/C9H4BrClN2O2S3/c10-8-6(11)3-7(17-8)18(14,15)13-9-5(4-12)1-2-16-9/h1-3,13H. The Balaban J connectivity index is 2.36. The van der Waals surface area contributed by atoms with E-state index in [9.17, 15) is 8.42 Å². The maximum absolute atomic E-state index is 12.1. The van der Waals surface area contributed by atoms with Crippen LogP contribution in [0.1, 0.15) is 5.56 Å². The Hall–Kier alpha value is -0.590. The first kappa shape index (κ1) is 13.8. The van der Waals surface area contributed by atoms with Gasteiger partial charge in [0.25, 0.3) is 10.0 Å². The number of hydrogen-bond acceptors (Lipinski definition) is 5. The molecule has 4 nitrogen and oxygen atoms in total. The van der Waals surface area contributed by atoms with E-state index in [2.05, 4.69) is 20.7 Å². The third-order valence-corrected chi connectivity index (χ3v) is 7.16. The highest BCUT2D eigenvalue weighted by atomic mass is 79.9. The van der Waals surface area contributed by atoms with Gasteiger partial charge in [-0.05, 0) is 33.4 Å². The minimum absolute atomic E-state index is 0.0941. The van der Waals surface area contributed by atoms with Crippen molar-refractivity contribution in [2.45, 2.75) is 4.21 Å². The minimum atomic E-state index is -3.70. The van der Waals surface area contributed by atoms with Gasteiger partial charge in [0.1, 0.15) is 15.3 Å². The molecule has 0 saturated carbocycles. The maximum Gasteiger partial charge on any atom is 0.272 e. The lowest BCUT2D eigenvalue weighted by atomic mass is 10.4. The van der Waals surface area contributed by atoms with E-state index in [0.717, 1.165) is 22.7 Å². The summed E-state index contributed by atoms with van der Waals surface area (Å²) in [6.07, 6.45) is 0. The second kappa shape index (κ2) is 5.19. The number of nitrogens with one attached hydrogen (secondary N) is 1. The highest BCUT2D eigenvalue weighted by Crippen LogP contribution is 2.36. The van der Waals surface area contributed by atoms with Crippen LogP contribution < -0.4 is 4.72 Å². The summed E-state index contributed by atoms with van der Waals surface area (Å²) in [5.41, 5.74) is 0.297. The fourth-order valence-corrected chi connectivity index (χ4v) is 5.57. The molecule has 0 aliphatic heterocycles. The summed E-state index contributed by atoms with van der Waals surface area (Å²) in [7, 11) is -3.70. The van der Waals surface area contributed by atoms with Crippen LogP contribution in [0, 0.1) is 11.3 Å². The van der Waals surface area contributed by atoms with Gasteiger partial charge in [-0.1, -0.05) is 11.6 Å². The number of sulfonamides is 1. The normalized spacial score (nSPS) is 11.2. The summed E-state index contributed by atoms with van der Waals surface area (Å²) in [6, 6.07) is 4.83. The zero-order valence-electron chi connectivity index (χ0n) is 8.48. The zero-order valence-corrected chi connectivity index (χ0v) is 13.3. The molecule has 0 amide bonds. The molecule has 0 fully saturated rings. The Kier molecular flexibility index (Phi) is 3.99. The first-order valence-electron chi connectivity index (χ1n) is 4.39. The summed E-state index contributed by atoms with van der Waals surface area (Å²) in [5.74, 6) is 0. The monoisotopic (exact) mass is 382 g/mol. The predicted molar refractivity (Wildman–Crippen MR) is 76.9 cm³/mol. The Morgan fingerprint density at radius 3 is 2.78 bits per heavy atom. The molecule has 1 N–H and O–H groups in total. The van der Waals surface area contributed by atoms with Crippen LogP contribution in [0.3, 0.4) is 0 Å².